The molecule has 0 heterocycles. The Kier molecular flexibility index (Phi) is 6.06. The standard InChI is InChI=1S/C13H13BrF2O4/c1-7(17)9-4-10(14)11(16)5-12(9)20-8(6-15)2-3-13(18)19/h4-5,8H,2-3,6H2,1H3,(H,18,19)/t8-/m1/s1. The summed E-state index contributed by atoms with van der Waals surface area (Å²) in [5.74, 6) is -2.19. The highest BCUT2D eigenvalue weighted by molar-refractivity contribution is 9.10. The van der Waals surface area contributed by atoms with Crippen LogP contribution in [0.5, 0.6) is 5.75 Å². The number of alkyl halides is 1. The maximum Gasteiger partial charge on any atom is 0.303 e. The van der Waals surface area contributed by atoms with Gasteiger partial charge in [-0.15, -0.1) is 0 Å². The lowest BCUT2D eigenvalue weighted by atomic mass is 10.1. The van der Waals surface area contributed by atoms with Crippen LogP contribution < -0.4 is 4.74 Å². The van der Waals surface area contributed by atoms with Crippen LogP contribution in [0.4, 0.5) is 8.78 Å². The fourth-order valence-corrected chi connectivity index (χ4v) is 1.88. The molecule has 0 aromatic heterocycles. The topological polar surface area (TPSA) is 63.6 Å². The molecule has 1 atom stereocenters. The Bertz CT molecular complexity index is 519. The maximum absolute atomic E-state index is 13.5. The van der Waals surface area contributed by atoms with Crippen LogP contribution in [0.25, 0.3) is 0 Å². The number of hydrogen-bond acceptors (Lipinski definition) is 3. The van der Waals surface area contributed by atoms with Crippen molar-refractivity contribution in [2.24, 2.45) is 0 Å². The number of carboxylic acid groups (broad SMARTS) is 1. The van der Waals surface area contributed by atoms with Crippen molar-refractivity contribution in [2.45, 2.75) is 25.9 Å². The number of Topliss-reactive ketones (excluding diaryl/α,β-unsaturated/α-hetero) is 1. The third-order valence-electron chi connectivity index (χ3n) is 2.55. The molecule has 0 saturated heterocycles. The average Bonchev–Trinajstić information content (AvgIpc) is 2.37. The molecule has 1 N–H and O–H groups in total. The van der Waals surface area contributed by atoms with Gasteiger partial charge in [0.05, 0.1) is 10.0 Å². The van der Waals surface area contributed by atoms with Gasteiger partial charge in [0.15, 0.2) is 5.78 Å². The molecule has 0 unspecified atom stereocenters. The molecule has 0 bridgehead atoms. The zero-order valence-electron chi connectivity index (χ0n) is 10.7. The van der Waals surface area contributed by atoms with Gasteiger partial charge in [-0.25, -0.2) is 8.78 Å². The number of aliphatic carboxylic acids is 1. The summed E-state index contributed by atoms with van der Waals surface area (Å²) in [5, 5.41) is 8.55. The van der Waals surface area contributed by atoms with Crippen molar-refractivity contribution in [2.75, 3.05) is 6.67 Å². The largest absolute Gasteiger partial charge is 0.487 e. The molecule has 0 saturated carbocycles. The predicted octanol–water partition coefficient (Wildman–Crippen LogP) is 3.37. The molecule has 0 amide bonds. The highest BCUT2D eigenvalue weighted by atomic mass is 79.9. The van der Waals surface area contributed by atoms with Crippen LogP contribution in [0, 0.1) is 5.82 Å². The van der Waals surface area contributed by atoms with Gasteiger partial charge in [0.1, 0.15) is 24.3 Å². The molecule has 1 aromatic rings. The zero-order valence-corrected chi connectivity index (χ0v) is 12.2. The van der Waals surface area contributed by atoms with Crippen LogP contribution in [-0.4, -0.2) is 29.6 Å². The molecule has 0 aliphatic rings. The summed E-state index contributed by atoms with van der Waals surface area (Å²) in [6, 6.07) is 2.23. The highest BCUT2D eigenvalue weighted by Gasteiger charge is 2.18. The Balaban J connectivity index is 2.96. The molecule has 0 aliphatic heterocycles. The molecular weight excluding hydrogens is 338 g/mol. The number of rotatable bonds is 7. The van der Waals surface area contributed by atoms with Gasteiger partial charge < -0.3 is 9.84 Å². The SMILES string of the molecule is CC(=O)c1cc(Br)c(F)cc1O[C@@H](CF)CCC(=O)O. The second-order valence-corrected chi connectivity index (χ2v) is 5.00. The van der Waals surface area contributed by atoms with Crippen molar-refractivity contribution < 1.29 is 28.2 Å². The Morgan fingerprint density at radius 3 is 2.60 bits per heavy atom. The van der Waals surface area contributed by atoms with E-state index in [-0.39, 0.29) is 34.4 Å². The van der Waals surface area contributed by atoms with Crippen LogP contribution in [0.2, 0.25) is 0 Å². The molecule has 4 nitrogen and oxygen atoms in total. The van der Waals surface area contributed by atoms with Crippen LogP contribution in [0.3, 0.4) is 0 Å². The second kappa shape index (κ2) is 7.33. The lowest BCUT2D eigenvalue weighted by molar-refractivity contribution is -0.137. The number of halogens is 3. The van der Waals surface area contributed by atoms with E-state index in [1.54, 1.807) is 0 Å². The highest BCUT2D eigenvalue weighted by Crippen LogP contribution is 2.28. The Morgan fingerprint density at radius 1 is 1.45 bits per heavy atom. The molecule has 110 valence electrons. The molecule has 0 aliphatic carbocycles. The number of carbonyl (C=O) groups is 2. The number of hydrogen-bond donors (Lipinski definition) is 1. The van der Waals surface area contributed by atoms with E-state index < -0.39 is 24.6 Å². The van der Waals surface area contributed by atoms with Crippen molar-refractivity contribution in [1.29, 1.82) is 0 Å². The number of carboxylic acids is 1. The third-order valence-corrected chi connectivity index (χ3v) is 3.16. The number of benzene rings is 1. The number of carbonyl (C=O) groups excluding carboxylic acids is 1. The summed E-state index contributed by atoms with van der Waals surface area (Å²) >= 11 is 2.95. The monoisotopic (exact) mass is 350 g/mol. The molecule has 7 heteroatoms. The maximum atomic E-state index is 13.5. The number of ketones is 1. The average molecular weight is 351 g/mol. The normalized spacial score (nSPS) is 12.0. The first-order valence-corrected chi connectivity index (χ1v) is 6.58. The van der Waals surface area contributed by atoms with E-state index in [1.165, 1.54) is 13.0 Å². The fraction of sp³-hybridized carbons (Fsp3) is 0.385. The summed E-state index contributed by atoms with van der Waals surface area (Å²) in [4.78, 5) is 21.9. The summed E-state index contributed by atoms with van der Waals surface area (Å²) in [6.45, 7) is 0.344. The van der Waals surface area contributed by atoms with E-state index in [9.17, 15) is 18.4 Å². The lowest BCUT2D eigenvalue weighted by Crippen LogP contribution is -2.21. The van der Waals surface area contributed by atoms with Crippen LogP contribution in [0.15, 0.2) is 16.6 Å². The van der Waals surface area contributed by atoms with Crippen LogP contribution in [-0.2, 0) is 4.79 Å². The Hall–Kier alpha value is -1.50. The van der Waals surface area contributed by atoms with Gasteiger partial charge in [-0.05, 0) is 35.3 Å². The van der Waals surface area contributed by atoms with E-state index in [4.69, 9.17) is 9.84 Å². The summed E-state index contributed by atoms with van der Waals surface area (Å²) in [7, 11) is 0. The van der Waals surface area contributed by atoms with Gasteiger partial charge in [-0.2, -0.15) is 0 Å². The Morgan fingerprint density at radius 2 is 2.10 bits per heavy atom. The van der Waals surface area contributed by atoms with Gasteiger partial charge in [-0.3, -0.25) is 9.59 Å². The van der Waals surface area contributed by atoms with E-state index >= 15 is 0 Å². The van der Waals surface area contributed by atoms with Gasteiger partial charge in [0.25, 0.3) is 0 Å². The summed E-state index contributed by atoms with van der Waals surface area (Å²) in [6.07, 6.45) is -1.38. The molecule has 1 aromatic carbocycles. The van der Waals surface area contributed by atoms with Crippen molar-refractivity contribution in [3.05, 3.63) is 28.0 Å². The first-order valence-electron chi connectivity index (χ1n) is 5.79. The van der Waals surface area contributed by atoms with Crippen molar-refractivity contribution in [3.63, 3.8) is 0 Å². The minimum atomic E-state index is -1.08. The number of ether oxygens (including phenoxy) is 1. The molecule has 20 heavy (non-hydrogen) atoms. The van der Waals surface area contributed by atoms with E-state index in [1.807, 2.05) is 0 Å². The fourth-order valence-electron chi connectivity index (χ4n) is 1.53. The summed E-state index contributed by atoms with van der Waals surface area (Å²) in [5.41, 5.74) is 0.104. The lowest BCUT2D eigenvalue weighted by Gasteiger charge is -2.17. The molecule has 1 rings (SSSR count). The van der Waals surface area contributed by atoms with Gasteiger partial charge >= 0.3 is 5.97 Å². The minimum absolute atomic E-state index is 0.0686. The van der Waals surface area contributed by atoms with Crippen molar-refractivity contribution in [3.8, 4) is 5.75 Å². The van der Waals surface area contributed by atoms with E-state index in [0.29, 0.717) is 0 Å². The van der Waals surface area contributed by atoms with Gasteiger partial charge in [0, 0.05) is 12.5 Å². The summed E-state index contributed by atoms with van der Waals surface area (Å²) < 4.78 is 31.6. The molecule has 0 fully saturated rings. The van der Waals surface area contributed by atoms with E-state index in [0.717, 1.165) is 6.07 Å². The third kappa shape index (κ3) is 4.56. The first-order chi connectivity index (χ1) is 9.35. The molecular formula is C13H13BrF2O4. The van der Waals surface area contributed by atoms with Crippen LogP contribution in [0.1, 0.15) is 30.1 Å². The van der Waals surface area contributed by atoms with Crippen LogP contribution >= 0.6 is 15.9 Å². The smallest absolute Gasteiger partial charge is 0.303 e. The van der Waals surface area contributed by atoms with E-state index in [2.05, 4.69) is 15.9 Å². The molecule has 0 radical (unpaired) electrons. The second-order valence-electron chi connectivity index (χ2n) is 4.15. The molecule has 0 spiro atoms. The zero-order chi connectivity index (χ0) is 15.3. The van der Waals surface area contributed by atoms with Gasteiger partial charge in [0.2, 0.25) is 0 Å². The van der Waals surface area contributed by atoms with Gasteiger partial charge in [-0.1, -0.05) is 0 Å². The minimum Gasteiger partial charge on any atom is -0.487 e. The Labute approximate surface area is 122 Å². The van der Waals surface area contributed by atoms with Crippen molar-refractivity contribution in [1.82, 2.24) is 0 Å². The quantitative estimate of drug-likeness (QED) is 0.765. The first kappa shape index (κ1) is 16.6. The predicted molar refractivity (Wildman–Crippen MR) is 71.4 cm³/mol. The van der Waals surface area contributed by atoms with Crippen molar-refractivity contribution >= 4 is 27.7 Å².